The number of hydrogen-bond acceptors (Lipinski definition) is 4. The third-order valence-electron chi connectivity index (χ3n) is 6.09. The van der Waals surface area contributed by atoms with Gasteiger partial charge in [0.15, 0.2) is 0 Å². The lowest BCUT2D eigenvalue weighted by atomic mass is 9.49. The van der Waals surface area contributed by atoms with E-state index in [4.69, 9.17) is 0 Å². The maximum atomic E-state index is 12.4. The van der Waals surface area contributed by atoms with E-state index in [-0.39, 0.29) is 23.9 Å². The van der Waals surface area contributed by atoms with Gasteiger partial charge in [0.05, 0.1) is 6.54 Å². The Kier molecular flexibility index (Phi) is 5.72. The van der Waals surface area contributed by atoms with Crippen molar-refractivity contribution in [1.29, 1.82) is 0 Å². The van der Waals surface area contributed by atoms with Gasteiger partial charge in [0, 0.05) is 12.5 Å². The molecule has 0 aromatic heterocycles. The van der Waals surface area contributed by atoms with Crippen molar-refractivity contribution >= 4 is 23.6 Å². The molecule has 27 heavy (non-hydrogen) atoms. The molecule has 8 heteroatoms. The minimum Gasteiger partial charge on any atom is -0.347 e. The normalized spacial score (nSPS) is 30.7. The molecule has 0 heterocycles. The molecule has 4 bridgehead atoms. The van der Waals surface area contributed by atoms with Gasteiger partial charge in [0.25, 0.3) is 5.91 Å². The largest absolute Gasteiger partial charge is 0.347 e. The molecule has 4 N–H and O–H groups in total. The average molecular weight is 378 g/mol. The molecule has 0 aromatic carbocycles. The summed E-state index contributed by atoms with van der Waals surface area (Å²) in [5, 5.41) is 5.06. The van der Waals surface area contributed by atoms with Gasteiger partial charge in [-0.25, -0.2) is 0 Å². The van der Waals surface area contributed by atoms with Gasteiger partial charge in [0.2, 0.25) is 5.91 Å². The van der Waals surface area contributed by atoms with Crippen LogP contribution in [0.15, 0.2) is 0 Å². The highest BCUT2D eigenvalue weighted by Crippen LogP contribution is 2.61. The molecular weight excluding hydrogens is 348 g/mol. The number of nitrogens with one attached hydrogen (secondary N) is 4. The van der Waals surface area contributed by atoms with Crippen LogP contribution in [0.25, 0.3) is 0 Å². The number of amides is 4. The van der Waals surface area contributed by atoms with E-state index in [1.54, 1.807) is 13.8 Å². The molecule has 0 aromatic rings. The van der Waals surface area contributed by atoms with Crippen molar-refractivity contribution < 1.29 is 19.2 Å². The minimum absolute atomic E-state index is 0.115. The Labute approximate surface area is 159 Å². The maximum absolute atomic E-state index is 12.4. The quantitative estimate of drug-likeness (QED) is 0.409. The molecule has 4 rings (SSSR count). The Morgan fingerprint density at radius 3 is 1.93 bits per heavy atom. The van der Waals surface area contributed by atoms with Crippen molar-refractivity contribution in [1.82, 2.24) is 21.5 Å². The summed E-state index contributed by atoms with van der Waals surface area (Å²) in [6.45, 7) is 3.23. The van der Waals surface area contributed by atoms with Gasteiger partial charge in [0.1, 0.15) is 0 Å². The van der Waals surface area contributed by atoms with E-state index in [1.807, 2.05) is 5.43 Å². The summed E-state index contributed by atoms with van der Waals surface area (Å²) in [4.78, 5) is 47.1. The van der Waals surface area contributed by atoms with Crippen LogP contribution in [0.2, 0.25) is 0 Å². The van der Waals surface area contributed by atoms with Gasteiger partial charge in [-0.3, -0.25) is 30.0 Å². The second-order valence-electron chi connectivity index (χ2n) is 9.00. The summed E-state index contributed by atoms with van der Waals surface area (Å²) in [6, 6.07) is -0.178. The van der Waals surface area contributed by atoms with Crippen molar-refractivity contribution in [2.45, 2.75) is 64.8 Å². The van der Waals surface area contributed by atoms with E-state index in [2.05, 4.69) is 16.1 Å². The number of carbonyl (C=O) groups excluding carboxylic acids is 4. The van der Waals surface area contributed by atoms with Crippen LogP contribution in [0.1, 0.15) is 58.8 Å². The number of rotatable bonds is 5. The first kappa shape index (κ1) is 19.6. The molecule has 0 aliphatic heterocycles. The first-order valence-electron chi connectivity index (χ1n) is 9.91. The summed E-state index contributed by atoms with van der Waals surface area (Å²) in [5.41, 5.74) is 4.30. The van der Waals surface area contributed by atoms with Crippen LogP contribution < -0.4 is 21.5 Å². The molecule has 4 aliphatic carbocycles. The van der Waals surface area contributed by atoms with Crippen LogP contribution >= 0.6 is 0 Å². The lowest BCUT2D eigenvalue weighted by molar-refractivity contribution is -0.141. The van der Waals surface area contributed by atoms with Gasteiger partial charge in [-0.15, -0.1) is 0 Å². The van der Waals surface area contributed by atoms with Gasteiger partial charge in [-0.2, -0.15) is 0 Å². The lowest BCUT2D eigenvalue weighted by Gasteiger charge is -2.56. The highest BCUT2D eigenvalue weighted by atomic mass is 16.2. The summed E-state index contributed by atoms with van der Waals surface area (Å²) >= 11 is 0. The number of hydrazine groups is 1. The summed E-state index contributed by atoms with van der Waals surface area (Å²) in [6.07, 6.45) is 7.87. The molecular formula is C19H30N4O4. The second-order valence-corrected chi connectivity index (χ2v) is 9.00. The van der Waals surface area contributed by atoms with E-state index in [1.165, 1.54) is 19.3 Å². The molecule has 4 amide bonds. The summed E-state index contributed by atoms with van der Waals surface area (Å²) < 4.78 is 0. The molecule has 4 fully saturated rings. The van der Waals surface area contributed by atoms with Crippen molar-refractivity contribution in [2.75, 3.05) is 6.54 Å². The monoisotopic (exact) mass is 378 g/mol. The Morgan fingerprint density at radius 1 is 0.852 bits per heavy atom. The van der Waals surface area contributed by atoms with E-state index >= 15 is 0 Å². The summed E-state index contributed by atoms with van der Waals surface area (Å²) in [7, 11) is 0. The molecule has 0 spiro atoms. The highest BCUT2D eigenvalue weighted by Gasteiger charge is 2.51. The topological polar surface area (TPSA) is 116 Å². The molecule has 0 radical (unpaired) electrons. The number of hydrogen-bond donors (Lipinski definition) is 4. The van der Waals surface area contributed by atoms with Gasteiger partial charge < -0.3 is 10.6 Å². The molecule has 0 saturated heterocycles. The zero-order valence-corrected chi connectivity index (χ0v) is 16.1. The van der Waals surface area contributed by atoms with Crippen molar-refractivity contribution in [3.8, 4) is 0 Å². The van der Waals surface area contributed by atoms with Gasteiger partial charge >= 0.3 is 11.8 Å². The second kappa shape index (κ2) is 7.86. The van der Waals surface area contributed by atoms with Crippen LogP contribution in [-0.2, 0) is 19.2 Å². The average Bonchev–Trinajstić information content (AvgIpc) is 2.55. The van der Waals surface area contributed by atoms with E-state index < -0.39 is 17.7 Å². The Bertz CT molecular complexity index is 596. The Morgan fingerprint density at radius 2 is 1.41 bits per heavy atom. The van der Waals surface area contributed by atoms with E-state index in [9.17, 15) is 19.2 Å². The predicted molar refractivity (Wildman–Crippen MR) is 97.8 cm³/mol. The smallest absolute Gasteiger partial charge is 0.327 e. The molecule has 8 nitrogen and oxygen atoms in total. The fraction of sp³-hybridized carbons (Fsp3) is 0.789. The first-order chi connectivity index (χ1) is 12.7. The minimum atomic E-state index is -0.947. The van der Waals surface area contributed by atoms with Crippen molar-refractivity contribution in [2.24, 2.45) is 23.2 Å². The fourth-order valence-electron chi connectivity index (χ4n) is 5.64. The van der Waals surface area contributed by atoms with Crippen molar-refractivity contribution in [3.63, 3.8) is 0 Å². The van der Waals surface area contributed by atoms with E-state index in [0.29, 0.717) is 6.42 Å². The first-order valence-corrected chi connectivity index (χ1v) is 9.91. The lowest BCUT2D eigenvalue weighted by Crippen LogP contribution is -2.52. The SMILES string of the molecule is CC(C)NC(=O)C(=O)NNC(=O)CNC(=O)CC12CC3CC(CC(C3)C1)C2. The summed E-state index contributed by atoms with van der Waals surface area (Å²) in [5.74, 6) is -0.123. The molecule has 0 atom stereocenters. The Balaban J connectivity index is 1.37. The van der Waals surface area contributed by atoms with Crippen LogP contribution in [0, 0.1) is 23.2 Å². The third-order valence-corrected chi connectivity index (χ3v) is 6.09. The van der Waals surface area contributed by atoms with Gasteiger partial charge in [-0.1, -0.05) is 0 Å². The zero-order chi connectivity index (χ0) is 19.6. The third kappa shape index (κ3) is 4.99. The van der Waals surface area contributed by atoms with E-state index in [0.717, 1.165) is 37.0 Å². The molecule has 4 saturated carbocycles. The predicted octanol–water partition coefficient (Wildman–Crippen LogP) is 0.381. The fourth-order valence-corrected chi connectivity index (χ4v) is 5.64. The standard InChI is InChI=1S/C19H30N4O4/c1-11(2)21-17(26)18(27)23-22-16(25)10-20-15(24)9-19-6-12-3-13(7-19)5-14(4-12)8-19/h11-14H,3-10H2,1-2H3,(H,20,24)(H,21,26)(H,22,25)(H,23,27). The molecule has 150 valence electrons. The molecule has 0 unspecified atom stereocenters. The van der Waals surface area contributed by atoms with Crippen LogP contribution in [0.5, 0.6) is 0 Å². The van der Waals surface area contributed by atoms with Crippen LogP contribution in [0.3, 0.4) is 0 Å². The van der Waals surface area contributed by atoms with Gasteiger partial charge in [-0.05, 0) is 75.5 Å². The Hall–Kier alpha value is -2.12. The number of carbonyl (C=O) groups is 4. The van der Waals surface area contributed by atoms with Crippen LogP contribution in [-0.4, -0.2) is 36.2 Å². The maximum Gasteiger partial charge on any atom is 0.327 e. The van der Waals surface area contributed by atoms with Crippen LogP contribution in [0.4, 0.5) is 0 Å². The van der Waals surface area contributed by atoms with Crippen molar-refractivity contribution in [3.05, 3.63) is 0 Å². The highest BCUT2D eigenvalue weighted by molar-refractivity contribution is 6.35. The molecule has 4 aliphatic rings. The zero-order valence-electron chi connectivity index (χ0n) is 16.1.